The molecule has 2 heteroatoms. The minimum Gasteiger partial charge on any atom is -0.489 e. The lowest BCUT2D eigenvalue weighted by Crippen LogP contribution is -2.20. The summed E-state index contributed by atoms with van der Waals surface area (Å²) >= 11 is 0. The summed E-state index contributed by atoms with van der Waals surface area (Å²) in [6, 6.07) is 17.3. The second kappa shape index (κ2) is 11.0. The van der Waals surface area contributed by atoms with Crippen molar-refractivity contribution >= 4 is 0 Å². The molecule has 1 saturated carbocycles. The summed E-state index contributed by atoms with van der Waals surface area (Å²) in [5.74, 6) is 1.40. The maximum atomic E-state index is 10.2. The molecule has 3 rings (SSSR count). The predicted molar refractivity (Wildman–Crippen MR) is 126 cm³/mol. The summed E-state index contributed by atoms with van der Waals surface area (Å²) in [5, 5.41) is 10.2. The van der Waals surface area contributed by atoms with Gasteiger partial charge in [0.05, 0.1) is 6.10 Å². The van der Waals surface area contributed by atoms with Gasteiger partial charge < -0.3 is 9.84 Å². The number of aliphatic hydroxyl groups excluding tert-OH is 1. The van der Waals surface area contributed by atoms with E-state index in [9.17, 15) is 5.11 Å². The second-order valence-electron chi connectivity index (χ2n) is 9.74. The van der Waals surface area contributed by atoms with Crippen LogP contribution in [0, 0.1) is 0 Å². The van der Waals surface area contributed by atoms with Gasteiger partial charge in [-0.1, -0.05) is 95.3 Å². The van der Waals surface area contributed by atoms with E-state index < -0.39 is 0 Å². The van der Waals surface area contributed by atoms with E-state index in [4.69, 9.17) is 4.74 Å². The molecule has 2 nitrogen and oxygen atoms in total. The summed E-state index contributed by atoms with van der Waals surface area (Å²) in [4.78, 5) is 0. The zero-order chi connectivity index (χ0) is 21.4. The highest BCUT2D eigenvalue weighted by Crippen LogP contribution is 2.41. The van der Waals surface area contributed by atoms with Gasteiger partial charge in [-0.05, 0) is 59.8 Å². The Morgan fingerprint density at radius 1 is 1.00 bits per heavy atom. The van der Waals surface area contributed by atoms with Crippen molar-refractivity contribution in [3.05, 3.63) is 65.2 Å². The van der Waals surface area contributed by atoms with Gasteiger partial charge in [0.2, 0.25) is 0 Å². The monoisotopic (exact) mass is 408 g/mol. The molecule has 30 heavy (non-hydrogen) atoms. The second-order valence-corrected chi connectivity index (χ2v) is 9.74. The van der Waals surface area contributed by atoms with E-state index in [2.05, 4.69) is 63.2 Å². The number of aliphatic hydroxyl groups is 1. The highest BCUT2D eigenvalue weighted by atomic mass is 16.5. The van der Waals surface area contributed by atoms with Crippen molar-refractivity contribution in [2.75, 3.05) is 0 Å². The minimum atomic E-state index is -0.180. The van der Waals surface area contributed by atoms with E-state index in [0.717, 1.165) is 31.4 Å². The molecule has 0 saturated heterocycles. The Balaban J connectivity index is 1.81. The molecule has 0 unspecified atom stereocenters. The normalized spacial score (nSPS) is 19.6. The van der Waals surface area contributed by atoms with E-state index in [1.54, 1.807) is 0 Å². The van der Waals surface area contributed by atoms with Gasteiger partial charge >= 0.3 is 0 Å². The summed E-state index contributed by atoms with van der Waals surface area (Å²) in [6.45, 7) is 7.57. The van der Waals surface area contributed by atoms with Crippen molar-refractivity contribution in [2.45, 2.75) is 103 Å². The van der Waals surface area contributed by atoms with Gasteiger partial charge in [-0.3, -0.25) is 0 Å². The zero-order valence-electron chi connectivity index (χ0n) is 19.2. The number of benzene rings is 2. The molecule has 1 aliphatic carbocycles. The van der Waals surface area contributed by atoms with Crippen LogP contribution in [-0.2, 0) is 12.0 Å². The van der Waals surface area contributed by atoms with Gasteiger partial charge in [-0.2, -0.15) is 0 Å². The maximum Gasteiger partial charge on any atom is 0.123 e. The molecule has 0 aromatic heterocycles. The van der Waals surface area contributed by atoms with Crippen molar-refractivity contribution in [1.82, 2.24) is 0 Å². The van der Waals surface area contributed by atoms with Gasteiger partial charge in [0, 0.05) is 0 Å². The summed E-state index contributed by atoms with van der Waals surface area (Å²) < 4.78 is 6.41. The van der Waals surface area contributed by atoms with Crippen LogP contribution in [0.5, 0.6) is 5.75 Å². The largest absolute Gasteiger partial charge is 0.489 e. The third-order valence-corrected chi connectivity index (χ3v) is 6.77. The topological polar surface area (TPSA) is 29.5 Å². The molecule has 2 aromatic carbocycles. The molecular formula is C28H40O2. The summed E-state index contributed by atoms with van der Waals surface area (Å²) in [7, 11) is 0. The van der Waals surface area contributed by atoms with Crippen LogP contribution in [0.2, 0.25) is 0 Å². The first-order valence-corrected chi connectivity index (χ1v) is 12.0. The van der Waals surface area contributed by atoms with Crippen LogP contribution in [0.15, 0.2) is 48.5 Å². The molecule has 0 amide bonds. The van der Waals surface area contributed by atoms with Gasteiger partial charge in [0.15, 0.2) is 0 Å². The maximum absolute atomic E-state index is 10.2. The van der Waals surface area contributed by atoms with E-state index in [1.807, 2.05) is 6.07 Å². The van der Waals surface area contributed by atoms with E-state index >= 15 is 0 Å². The number of unbranched alkanes of at least 4 members (excludes halogenated alkanes) is 3. The van der Waals surface area contributed by atoms with Crippen LogP contribution in [0.4, 0.5) is 0 Å². The Kier molecular flexibility index (Phi) is 8.39. The molecule has 0 spiro atoms. The Bertz CT molecular complexity index is 765. The van der Waals surface area contributed by atoms with Gasteiger partial charge in [-0.25, -0.2) is 0 Å². The molecule has 1 fully saturated rings. The first-order valence-electron chi connectivity index (χ1n) is 12.0. The van der Waals surface area contributed by atoms with Crippen molar-refractivity contribution < 1.29 is 9.84 Å². The molecule has 2 atom stereocenters. The summed E-state index contributed by atoms with van der Waals surface area (Å²) in [5.41, 5.74) is 3.97. The van der Waals surface area contributed by atoms with Crippen LogP contribution in [-0.4, -0.2) is 11.2 Å². The molecule has 0 aliphatic heterocycles. The standard InChI is InChI=1S/C28H40O2/c1-4-5-6-10-18-28(2,3)24-16-17-26(23-14-11-15-25(29)19-23)27(20-24)30-21-22-12-8-7-9-13-22/h7-9,12-13,16-17,20,23,25,29H,4-6,10-11,14-15,18-19,21H2,1-3H3/t23-,25+/m1/s1. The average molecular weight is 409 g/mol. The van der Waals surface area contributed by atoms with Crippen molar-refractivity contribution in [3.8, 4) is 5.75 Å². The fraction of sp³-hybridized carbons (Fsp3) is 0.571. The van der Waals surface area contributed by atoms with Crippen molar-refractivity contribution in [3.63, 3.8) is 0 Å². The Morgan fingerprint density at radius 2 is 1.80 bits per heavy atom. The van der Waals surface area contributed by atoms with Crippen LogP contribution in [0.3, 0.4) is 0 Å². The molecule has 0 radical (unpaired) electrons. The smallest absolute Gasteiger partial charge is 0.123 e. The van der Waals surface area contributed by atoms with Crippen molar-refractivity contribution in [1.29, 1.82) is 0 Å². The number of hydrogen-bond acceptors (Lipinski definition) is 2. The Hall–Kier alpha value is -1.80. The Morgan fingerprint density at radius 3 is 2.53 bits per heavy atom. The molecule has 164 valence electrons. The molecular weight excluding hydrogens is 368 g/mol. The molecule has 2 aromatic rings. The fourth-order valence-corrected chi connectivity index (χ4v) is 4.74. The van der Waals surface area contributed by atoms with Gasteiger partial charge in [0.1, 0.15) is 12.4 Å². The highest BCUT2D eigenvalue weighted by Gasteiger charge is 2.27. The van der Waals surface area contributed by atoms with Crippen LogP contribution < -0.4 is 4.74 Å². The molecule has 1 aliphatic rings. The van der Waals surface area contributed by atoms with E-state index in [0.29, 0.717) is 12.5 Å². The fourth-order valence-electron chi connectivity index (χ4n) is 4.74. The number of hydrogen-bond donors (Lipinski definition) is 1. The van der Waals surface area contributed by atoms with Crippen molar-refractivity contribution in [2.24, 2.45) is 0 Å². The third-order valence-electron chi connectivity index (χ3n) is 6.77. The van der Waals surface area contributed by atoms with E-state index in [1.165, 1.54) is 48.8 Å². The zero-order valence-corrected chi connectivity index (χ0v) is 19.2. The number of rotatable bonds is 10. The van der Waals surface area contributed by atoms with Crippen LogP contribution in [0.25, 0.3) is 0 Å². The first kappa shape index (κ1) is 22.9. The number of ether oxygens (including phenoxy) is 1. The van der Waals surface area contributed by atoms with Gasteiger partial charge in [-0.15, -0.1) is 0 Å². The SMILES string of the molecule is CCCCCCC(C)(C)c1ccc([C@@H]2CCC[C@H](O)C2)c(OCc2ccccc2)c1. The molecule has 0 bridgehead atoms. The van der Waals surface area contributed by atoms with Crippen LogP contribution >= 0.6 is 0 Å². The Labute approximate surface area is 183 Å². The lowest BCUT2D eigenvalue weighted by molar-refractivity contribution is 0.118. The first-order chi connectivity index (χ1) is 14.5. The third kappa shape index (κ3) is 6.35. The minimum absolute atomic E-state index is 0.142. The predicted octanol–water partition coefficient (Wildman–Crippen LogP) is 7.53. The lowest BCUT2D eigenvalue weighted by Gasteiger charge is -2.30. The molecule has 0 heterocycles. The van der Waals surface area contributed by atoms with Gasteiger partial charge in [0.25, 0.3) is 0 Å². The molecule has 1 N–H and O–H groups in total. The lowest BCUT2D eigenvalue weighted by atomic mass is 9.77. The van der Waals surface area contributed by atoms with Crippen LogP contribution in [0.1, 0.15) is 101 Å². The average Bonchev–Trinajstić information content (AvgIpc) is 2.76. The summed E-state index contributed by atoms with van der Waals surface area (Å²) in [6.07, 6.45) is 10.2. The highest BCUT2D eigenvalue weighted by molar-refractivity contribution is 5.43. The van der Waals surface area contributed by atoms with E-state index in [-0.39, 0.29) is 11.5 Å². The quantitative estimate of drug-likeness (QED) is 0.412.